The van der Waals surface area contributed by atoms with Gasteiger partial charge in [0, 0.05) is 0 Å². The van der Waals surface area contributed by atoms with Gasteiger partial charge < -0.3 is 8.99 Å². The van der Waals surface area contributed by atoms with Crippen molar-refractivity contribution in [1.29, 1.82) is 0 Å². The van der Waals surface area contributed by atoms with Crippen LogP contribution in [0.15, 0.2) is 71.5 Å². The van der Waals surface area contributed by atoms with Crippen LogP contribution in [0.1, 0.15) is 22.5 Å². The molecule has 0 aliphatic carbocycles. The summed E-state index contributed by atoms with van der Waals surface area (Å²) in [5, 5.41) is 0. The van der Waals surface area contributed by atoms with E-state index in [9.17, 15) is 0 Å². The lowest BCUT2D eigenvalue weighted by molar-refractivity contribution is -0.418. The highest BCUT2D eigenvalue weighted by Crippen LogP contribution is 2.35. The van der Waals surface area contributed by atoms with Gasteiger partial charge in [-0.3, -0.25) is 0 Å². The number of furan rings is 1. The highest BCUT2D eigenvalue weighted by molar-refractivity contribution is 5.67. The Balaban J connectivity index is 1.79. The Morgan fingerprint density at radius 1 is 1.00 bits per heavy atom. The Labute approximate surface area is 136 Å². The molecule has 0 fully saturated rings. The third-order valence-electron chi connectivity index (χ3n) is 4.23. The maximum atomic E-state index is 5.53. The molecular weight excluding hydrogens is 282 g/mol. The first-order valence-corrected chi connectivity index (χ1v) is 7.63. The van der Waals surface area contributed by atoms with E-state index < -0.39 is 0 Å². The van der Waals surface area contributed by atoms with Crippen molar-refractivity contribution in [3.63, 3.8) is 0 Å². The standard InChI is InChI=1S/C21H17NO/c1-15-14-17(16-6-4-3-5-7-16)8-9-18(15)21-19-11-13-23-20(19)10-12-22(21)2/h3-14H,2H2,1H3. The molecule has 23 heavy (non-hydrogen) atoms. The minimum atomic E-state index is 0.881. The van der Waals surface area contributed by atoms with Crippen molar-refractivity contribution in [2.24, 2.45) is 0 Å². The van der Waals surface area contributed by atoms with E-state index in [4.69, 9.17) is 4.42 Å². The van der Waals surface area contributed by atoms with E-state index in [1.807, 2.05) is 29.0 Å². The number of fused-ring (bicyclic) bond motifs is 1. The van der Waals surface area contributed by atoms with E-state index >= 15 is 0 Å². The smallest absolute Gasteiger partial charge is 0.206 e. The van der Waals surface area contributed by atoms with E-state index in [-0.39, 0.29) is 0 Å². The van der Waals surface area contributed by atoms with Crippen molar-refractivity contribution in [1.82, 2.24) is 0 Å². The molecule has 112 valence electrons. The molecule has 2 nitrogen and oxygen atoms in total. The fraction of sp³-hybridized carbons (Fsp3) is 0.0476. The van der Waals surface area contributed by atoms with Crippen LogP contribution in [-0.4, -0.2) is 11.3 Å². The molecule has 0 unspecified atom stereocenters. The van der Waals surface area contributed by atoms with Gasteiger partial charge in [-0.25, -0.2) is 0 Å². The number of hydrogen-bond acceptors (Lipinski definition) is 0. The zero-order valence-corrected chi connectivity index (χ0v) is 13.0. The summed E-state index contributed by atoms with van der Waals surface area (Å²) in [6.07, 6.45) is 5.60. The SMILES string of the molecule is C=[N+]1C=C[c-]2[o+]ccc2[C-]1c1ccc(-c2ccccc2)cc1C. The number of benzene rings is 2. The highest BCUT2D eigenvalue weighted by atomic mass is 16.3. The molecule has 1 aliphatic rings. The van der Waals surface area contributed by atoms with Gasteiger partial charge in [-0.1, -0.05) is 59.7 Å². The van der Waals surface area contributed by atoms with Gasteiger partial charge in [0.25, 0.3) is 0 Å². The fourth-order valence-electron chi connectivity index (χ4n) is 3.07. The van der Waals surface area contributed by atoms with Gasteiger partial charge in [0.05, 0.1) is 12.2 Å². The van der Waals surface area contributed by atoms with E-state index in [1.54, 1.807) is 6.26 Å². The number of rotatable bonds is 2. The van der Waals surface area contributed by atoms with Gasteiger partial charge in [-0.2, -0.15) is 0 Å². The maximum Gasteiger partial charge on any atom is 0.206 e. The summed E-state index contributed by atoms with van der Waals surface area (Å²) in [6, 6.07) is 20.1. The summed E-state index contributed by atoms with van der Waals surface area (Å²) in [7, 11) is 0. The lowest BCUT2D eigenvalue weighted by Gasteiger charge is -2.25. The summed E-state index contributed by atoms with van der Waals surface area (Å²) in [5.41, 5.74) is 5.93. The predicted molar refractivity (Wildman–Crippen MR) is 93.2 cm³/mol. The molecule has 0 N–H and O–H groups in total. The van der Waals surface area contributed by atoms with Crippen LogP contribution in [0.2, 0.25) is 0 Å². The first-order valence-electron chi connectivity index (χ1n) is 7.63. The van der Waals surface area contributed by atoms with Gasteiger partial charge in [-0.15, -0.1) is 6.07 Å². The minimum Gasteiger partial charge on any atom is -0.372 e. The summed E-state index contributed by atoms with van der Waals surface area (Å²) >= 11 is 0. The molecule has 4 rings (SSSR count). The van der Waals surface area contributed by atoms with Crippen LogP contribution >= 0.6 is 0 Å². The number of nitrogens with zero attached hydrogens (tertiary/aromatic N) is 1. The van der Waals surface area contributed by atoms with Crippen molar-refractivity contribution < 1.29 is 8.99 Å². The summed E-state index contributed by atoms with van der Waals surface area (Å²) in [5.74, 6) is 0.881. The van der Waals surface area contributed by atoms with Crippen LogP contribution < -0.4 is 0 Å². The van der Waals surface area contributed by atoms with E-state index in [1.165, 1.54) is 22.3 Å². The zero-order valence-electron chi connectivity index (χ0n) is 13.0. The number of aryl methyl sites for hydroxylation is 1. The average Bonchev–Trinajstić information content (AvgIpc) is 3.05. The van der Waals surface area contributed by atoms with Crippen LogP contribution in [0, 0.1) is 13.0 Å². The monoisotopic (exact) mass is 299 g/mol. The molecule has 2 heterocycles. The Bertz CT molecular complexity index is 903. The second-order valence-electron chi connectivity index (χ2n) is 5.73. The van der Waals surface area contributed by atoms with Crippen LogP contribution in [0.3, 0.4) is 0 Å². The quantitative estimate of drug-likeness (QED) is 0.374. The van der Waals surface area contributed by atoms with Crippen LogP contribution in [0.4, 0.5) is 0 Å². The van der Waals surface area contributed by atoms with E-state index in [0.29, 0.717) is 0 Å². The topological polar surface area (TPSA) is 14.3 Å². The Hall–Kier alpha value is -3.00. The largest absolute Gasteiger partial charge is 0.372 e. The van der Waals surface area contributed by atoms with Gasteiger partial charge in [0.2, 0.25) is 5.76 Å². The van der Waals surface area contributed by atoms with Crippen molar-refractivity contribution in [2.75, 3.05) is 0 Å². The minimum absolute atomic E-state index is 0.881. The van der Waals surface area contributed by atoms with E-state index in [2.05, 4.69) is 56.1 Å². The zero-order chi connectivity index (χ0) is 15.8. The molecule has 2 heteroatoms. The van der Waals surface area contributed by atoms with Crippen molar-refractivity contribution >= 4 is 12.8 Å². The third kappa shape index (κ3) is 2.29. The normalized spacial score (nSPS) is 13.3. The summed E-state index contributed by atoms with van der Waals surface area (Å²) in [4.78, 5) is 0. The molecule has 0 saturated carbocycles. The van der Waals surface area contributed by atoms with Crippen LogP contribution in [0.25, 0.3) is 17.2 Å². The highest BCUT2D eigenvalue weighted by Gasteiger charge is 2.24. The van der Waals surface area contributed by atoms with Crippen molar-refractivity contribution in [3.8, 4) is 11.1 Å². The van der Waals surface area contributed by atoms with E-state index in [0.717, 1.165) is 17.4 Å². The third-order valence-corrected chi connectivity index (χ3v) is 4.23. The van der Waals surface area contributed by atoms with Crippen molar-refractivity contribution in [3.05, 3.63) is 95.6 Å². The fourth-order valence-corrected chi connectivity index (χ4v) is 3.07. The first-order chi connectivity index (χ1) is 11.2. The maximum absolute atomic E-state index is 5.53. The number of hydrogen-bond donors (Lipinski definition) is 0. The second-order valence-corrected chi connectivity index (χ2v) is 5.73. The Morgan fingerprint density at radius 3 is 2.61 bits per heavy atom. The van der Waals surface area contributed by atoms with Crippen molar-refractivity contribution in [2.45, 2.75) is 6.92 Å². The lowest BCUT2D eigenvalue weighted by Crippen LogP contribution is -2.18. The second kappa shape index (κ2) is 5.33. The summed E-state index contributed by atoms with van der Waals surface area (Å²) < 4.78 is 7.43. The average molecular weight is 299 g/mol. The molecule has 0 bridgehead atoms. The lowest BCUT2D eigenvalue weighted by atomic mass is 9.91. The molecule has 0 saturated heterocycles. The molecule has 0 atom stereocenters. The molecule has 0 spiro atoms. The Kier molecular flexibility index (Phi) is 3.16. The van der Waals surface area contributed by atoms with Crippen LogP contribution in [0.5, 0.6) is 0 Å². The molecule has 3 aromatic rings. The van der Waals surface area contributed by atoms with Gasteiger partial charge in [0.1, 0.15) is 13.0 Å². The Morgan fingerprint density at radius 2 is 1.83 bits per heavy atom. The predicted octanol–water partition coefficient (Wildman–Crippen LogP) is 4.88. The molecule has 1 aliphatic heterocycles. The molecular formula is C21H17NO. The van der Waals surface area contributed by atoms with Gasteiger partial charge >= 0.3 is 0 Å². The molecule has 2 aromatic carbocycles. The van der Waals surface area contributed by atoms with Gasteiger partial charge in [0.15, 0.2) is 0 Å². The van der Waals surface area contributed by atoms with Crippen LogP contribution in [-0.2, 0) is 0 Å². The molecule has 1 aromatic heterocycles. The molecule has 0 radical (unpaired) electrons. The summed E-state index contributed by atoms with van der Waals surface area (Å²) in [6.45, 7) is 6.26. The first kappa shape index (κ1) is 13.6. The molecule has 0 amide bonds. The van der Waals surface area contributed by atoms with Gasteiger partial charge in [-0.05, 0) is 29.7 Å².